The fraction of sp³-hybridized carbons (Fsp3) is 0.250. The number of allylic oxidation sites excluding steroid dienone is 1. The number of thiazole rings is 1. The van der Waals surface area contributed by atoms with Crippen LogP contribution in [0.15, 0.2) is 81.7 Å². The second-order valence-corrected chi connectivity index (χ2v) is 10.4. The van der Waals surface area contributed by atoms with Crippen molar-refractivity contribution in [2.75, 3.05) is 26.9 Å². The molecule has 0 radical (unpaired) electrons. The van der Waals surface area contributed by atoms with Gasteiger partial charge in [-0.2, -0.15) is 0 Å². The maximum absolute atomic E-state index is 14.1. The molecule has 0 unspecified atom stereocenters. The summed E-state index contributed by atoms with van der Waals surface area (Å²) in [6, 6.07) is 17.8. The van der Waals surface area contributed by atoms with E-state index in [4.69, 9.17) is 18.9 Å². The second kappa shape index (κ2) is 12.4. The largest absolute Gasteiger partial charge is 0.497 e. The molecule has 4 aromatic rings. The highest BCUT2D eigenvalue weighted by molar-refractivity contribution is 7.07. The molecular formula is C32H30N2O7S. The number of carbonyl (C=O) groups excluding carboxylic acids is 2. The molecule has 3 aromatic carbocycles. The Kier molecular flexibility index (Phi) is 8.53. The van der Waals surface area contributed by atoms with Crippen molar-refractivity contribution < 1.29 is 28.5 Å². The van der Waals surface area contributed by atoms with Gasteiger partial charge >= 0.3 is 11.9 Å². The molecule has 1 atom stereocenters. The average Bonchev–Trinajstić information content (AvgIpc) is 3.30. The van der Waals surface area contributed by atoms with Crippen molar-refractivity contribution in [3.63, 3.8) is 0 Å². The van der Waals surface area contributed by atoms with Crippen molar-refractivity contribution in [1.82, 2.24) is 4.57 Å². The highest BCUT2D eigenvalue weighted by atomic mass is 32.1. The number of aromatic nitrogens is 1. The van der Waals surface area contributed by atoms with Gasteiger partial charge in [0.1, 0.15) is 11.5 Å². The van der Waals surface area contributed by atoms with E-state index in [0.717, 1.165) is 10.8 Å². The van der Waals surface area contributed by atoms with Crippen LogP contribution in [-0.2, 0) is 19.1 Å². The van der Waals surface area contributed by atoms with Gasteiger partial charge in [-0.3, -0.25) is 9.36 Å². The van der Waals surface area contributed by atoms with E-state index in [9.17, 15) is 14.4 Å². The first-order valence-corrected chi connectivity index (χ1v) is 14.3. The molecule has 2 heterocycles. The predicted molar refractivity (Wildman–Crippen MR) is 159 cm³/mol. The summed E-state index contributed by atoms with van der Waals surface area (Å²) in [5.41, 5.74) is 1.81. The normalized spacial score (nSPS) is 14.8. The number of rotatable bonds is 9. The smallest absolute Gasteiger partial charge is 0.344 e. The lowest BCUT2D eigenvalue weighted by molar-refractivity contribution is -0.145. The molecule has 0 fully saturated rings. The van der Waals surface area contributed by atoms with E-state index in [2.05, 4.69) is 4.99 Å². The molecule has 42 heavy (non-hydrogen) atoms. The summed E-state index contributed by atoms with van der Waals surface area (Å²) in [6.45, 7) is 5.37. The number of hydrogen-bond donors (Lipinski definition) is 0. The van der Waals surface area contributed by atoms with E-state index in [1.54, 1.807) is 52.2 Å². The lowest BCUT2D eigenvalue weighted by Gasteiger charge is -2.24. The maximum Gasteiger partial charge on any atom is 0.344 e. The van der Waals surface area contributed by atoms with Gasteiger partial charge in [0.15, 0.2) is 11.4 Å². The molecule has 9 nitrogen and oxygen atoms in total. The van der Waals surface area contributed by atoms with Crippen LogP contribution in [-0.4, -0.2) is 43.4 Å². The topological polar surface area (TPSA) is 105 Å². The molecule has 0 saturated carbocycles. The number of benzene rings is 3. The van der Waals surface area contributed by atoms with Crippen LogP contribution in [0.4, 0.5) is 0 Å². The summed E-state index contributed by atoms with van der Waals surface area (Å²) in [4.78, 5) is 44.4. The fourth-order valence-electron chi connectivity index (χ4n) is 4.91. The van der Waals surface area contributed by atoms with Crippen molar-refractivity contribution in [2.24, 2.45) is 4.99 Å². The summed E-state index contributed by atoms with van der Waals surface area (Å²) in [6.07, 6.45) is 1.75. The van der Waals surface area contributed by atoms with Gasteiger partial charge in [-0.05, 0) is 61.4 Å². The standard InChI is InChI=1S/C32H30N2O7S/c1-5-39-27(35)18-41-25-16-13-20-9-7-8-10-23(20)24(25)17-26-30(36)34-29(21-11-14-22(38-4)15-12-21)28(31(37)40-6-2)19(3)33-32(34)42-26/h7-17,29H,5-6,18H2,1-4H3/b26-17-/t29-/m0/s1. The van der Waals surface area contributed by atoms with Crippen molar-refractivity contribution in [1.29, 1.82) is 0 Å². The second-order valence-electron chi connectivity index (χ2n) is 9.37. The van der Waals surface area contributed by atoms with Crippen LogP contribution < -0.4 is 24.4 Å². The molecule has 216 valence electrons. The van der Waals surface area contributed by atoms with E-state index in [1.807, 2.05) is 42.5 Å². The average molecular weight is 587 g/mol. The van der Waals surface area contributed by atoms with Crippen molar-refractivity contribution in [3.8, 4) is 11.5 Å². The van der Waals surface area contributed by atoms with Crippen LogP contribution in [0.5, 0.6) is 11.5 Å². The molecule has 0 amide bonds. The molecule has 1 aliphatic heterocycles. The molecular weight excluding hydrogens is 556 g/mol. The van der Waals surface area contributed by atoms with Gasteiger partial charge in [0.25, 0.3) is 5.56 Å². The molecule has 5 rings (SSSR count). The van der Waals surface area contributed by atoms with Gasteiger partial charge in [0.05, 0.1) is 42.2 Å². The van der Waals surface area contributed by atoms with Crippen molar-refractivity contribution in [2.45, 2.75) is 26.8 Å². The Hall–Kier alpha value is -4.70. The van der Waals surface area contributed by atoms with E-state index in [-0.39, 0.29) is 25.4 Å². The van der Waals surface area contributed by atoms with Crippen LogP contribution in [0.1, 0.15) is 37.9 Å². The lowest BCUT2D eigenvalue weighted by Crippen LogP contribution is -2.39. The zero-order valence-corrected chi connectivity index (χ0v) is 24.5. The monoisotopic (exact) mass is 586 g/mol. The SMILES string of the molecule is CCOC(=O)COc1ccc2ccccc2c1/C=c1\sc2n(c1=O)[C@@H](c1ccc(OC)cc1)C(C(=O)OCC)=C(C)N=2. The van der Waals surface area contributed by atoms with E-state index in [1.165, 1.54) is 15.9 Å². The third-order valence-electron chi connectivity index (χ3n) is 6.81. The Morgan fingerprint density at radius 2 is 1.74 bits per heavy atom. The third kappa shape index (κ3) is 5.58. The van der Waals surface area contributed by atoms with E-state index in [0.29, 0.717) is 43.2 Å². The Labute approximate surface area is 245 Å². The first kappa shape index (κ1) is 28.8. The third-order valence-corrected chi connectivity index (χ3v) is 7.79. The minimum Gasteiger partial charge on any atom is -0.497 e. The van der Waals surface area contributed by atoms with Crippen LogP contribution in [0.25, 0.3) is 16.8 Å². The van der Waals surface area contributed by atoms with Gasteiger partial charge in [-0.15, -0.1) is 0 Å². The fourth-order valence-corrected chi connectivity index (χ4v) is 5.94. The summed E-state index contributed by atoms with van der Waals surface area (Å²) in [5.74, 6) is 0.0635. The molecule has 0 bridgehead atoms. The van der Waals surface area contributed by atoms with Gasteiger partial charge in [0, 0.05) is 5.56 Å². The Balaban J connectivity index is 1.70. The van der Waals surface area contributed by atoms with E-state index < -0.39 is 18.0 Å². The molecule has 1 aromatic heterocycles. The number of methoxy groups -OCH3 is 1. The van der Waals surface area contributed by atoms with Crippen LogP contribution in [0.2, 0.25) is 0 Å². The van der Waals surface area contributed by atoms with Crippen LogP contribution in [0, 0.1) is 0 Å². The number of nitrogens with zero attached hydrogens (tertiary/aromatic N) is 2. The zero-order valence-electron chi connectivity index (χ0n) is 23.7. The Bertz CT molecular complexity index is 1870. The number of hydrogen-bond acceptors (Lipinski definition) is 9. The zero-order chi connectivity index (χ0) is 29.8. The molecule has 1 aliphatic rings. The number of esters is 2. The number of ether oxygens (including phenoxy) is 4. The molecule has 0 saturated heterocycles. The highest BCUT2D eigenvalue weighted by Gasteiger charge is 2.33. The lowest BCUT2D eigenvalue weighted by atomic mass is 9.96. The van der Waals surface area contributed by atoms with E-state index >= 15 is 0 Å². The molecule has 0 aliphatic carbocycles. The highest BCUT2D eigenvalue weighted by Crippen LogP contribution is 2.32. The van der Waals surface area contributed by atoms with Gasteiger partial charge in [-0.25, -0.2) is 14.6 Å². The summed E-state index contributed by atoms with van der Waals surface area (Å²) in [7, 11) is 1.57. The molecule has 0 N–H and O–H groups in total. The summed E-state index contributed by atoms with van der Waals surface area (Å²) in [5, 5.41) is 1.79. The molecule has 0 spiro atoms. The summed E-state index contributed by atoms with van der Waals surface area (Å²) >= 11 is 1.21. The maximum atomic E-state index is 14.1. The van der Waals surface area contributed by atoms with Crippen molar-refractivity contribution in [3.05, 3.63) is 103 Å². The molecule has 10 heteroatoms. The van der Waals surface area contributed by atoms with Crippen LogP contribution in [0.3, 0.4) is 0 Å². The summed E-state index contributed by atoms with van der Waals surface area (Å²) < 4.78 is 23.5. The quantitative estimate of drug-likeness (QED) is 0.274. The first-order valence-electron chi connectivity index (χ1n) is 13.5. The number of carbonyl (C=O) groups is 2. The van der Waals surface area contributed by atoms with Gasteiger partial charge < -0.3 is 18.9 Å². The van der Waals surface area contributed by atoms with Gasteiger partial charge in [-0.1, -0.05) is 53.8 Å². The van der Waals surface area contributed by atoms with Gasteiger partial charge in [0.2, 0.25) is 0 Å². The minimum atomic E-state index is -0.750. The van der Waals surface area contributed by atoms with Crippen molar-refractivity contribution >= 4 is 40.1 Å². The number of fused-ring (bicyclic) bond motifs is 2. The van der Waals surface area contributed by atoms with Crippen LogP contribution >= 0.6 is 11.3 Å². The minimum absolute atomic E-state index is 0.186. The predicted octanol–water partition coefficient (Wildman–Crippen LogP) is 3.90. The first-order chi connectivity index (χ1) is 20.4. The Morgan fingerprint density at radius 3 is 2.45 bits per heavy atom. The Morgan fingerprint density at radius 1 is 1.00 bits per heavy atom.